The monoisotopic (exact) mass is 279 g/mol. The number of nitriles is 1. The minimum atomic E-state index is -0.600. The van der Waals surface area contributed by atoms with Crippen molar-refractivity contribution in [3.63, 3.8) is 0 Å². The second kappa shape index (κ2) is 5.47. The zero-order valence-corrected chi connectivity index (χ0v) is 11.6. The molecule has 102 valence electrons. The lowest BCUT2D eigenvalue weighted by molar-refractivity contribution is 0.100. The van der Waals surface area contributed by atoms with Gasteiger partial charge in [0, 0.05) is 12.6 Å². The second-order valence-electron chi connectivity index (χ2n) is 4.68. The third-order valence-electron chi connectivity index (χ3n) is 3.46. The van der Waals surface area contributed by atoms with E-state index in [1.165, 1.54) is 17.8 Å². The molecule has 1 aliphatic rings. The van der Waals surface area contributed by atoms with Gasteiger partial charge in [0.2, 0.25) is 0 Å². The molecule has 1 unspecified atom stereocenters. The Labute approximate surface area is 116 Å². The summed E-state index contributed by atoms with van der Waals surface area (Å²) in [5.74, 6) is -0.600. The van der Waals surface area contributed by atoms with Crippen molar-refractivity contribution in [1.82, 2.24) is 4.90 Å². The molecular formula is C12H17N5OS. The number of amides is 1. The number of hydrogen-bond acceptors (Lipinski definition) is 6. The fourth-order valence-electron chi connectivity index (χ4n) is 2.34. The SMILES string of the molecule is CN1CCCC1CNc1sc(C#N)c(N)c1C(N)=O. The van der Waals surface area contributed by atoms with Crippen LogP contribution in [0.2, 0.25) is 0 Å². The Morgan fingerprint density at radius 1 is 1.68 bits per heavy atom. The fraction of sp³-hybridized carbons (Fsp3) is 0.500. The predicted octanol–water partition coefficient (Wildman–Crippen LogP) is 0.807. The molecule has 0 aliphatic carbocycles. The third-order valence-corrected chi connectivity index (χ3v) is 4.53. The van der Waals surface area contributed by atoms with Gasteiger partial charge in [0.25, 0.3) is 5.91 Å². The van der Waals surface area contributed by atoms with Crippen LogP contribution in [0.15, 0.2) is 0 Å². The van der Waals surface area contributed by atoms with Crippen molar-refractivity contribution >= 4 is 27.9 Å². The molecule has 2 heterocycles. The van der Waals surface area contributed by atoms with Crippen molar-refractivity contribution in [2.75, 3.05) is 31.2 Å². The van der Waals surface area contributed by atoms with Crippen LogP contribution in [0.25, 0.3) is 0 Å². The van der Waals surface area contributed by atoms with Crippen LogP contribution in [0.4, 0.5) is 10.7 Å². The summed E-state index contributed by atoms with van der Waals surface area (Å²) in [6.07, 6.45) is 2.31. The minimum absolute atomic E-state index is 0.183. The number of carbonyl (C=O) groups is 1. The van der Waals surface area contributed by atoms with E-state index >= 15 is 0 Å². The van der Waals surface area contributed by atoms with E-state index in [-0.39, 0.29) is 11.3 Å². The zero-order valence-electron chi connectivity index (χ0n) is 10.8. The Morgan fingerprint density at radius 2 is 2.42 bits per heavy atom. The van der Waals surface area contributed by atoms with Crippen molar-refractivity contribution in [2.24, 2.45) is 5.73 Å². The van der Waals surface area contributed by atoms with Crippen LogP contribution in [-0.4, -0.2) is 37.0 Å². The Kier molecular flexibility index (Phi) is 3.93. The molecule has 0 bridgehead atoms. The number of carbonyl (C=O) groups excluding carboxylic acids is 1. The first-order chi connectivity index (χ1) is 9.04. The lowest BCUT2D eigenvalue weighted by Gasteiger charge is -2.20. The topological polar surface area (TPSA) is 108 Å². The molecule has 0 spiro atoms. The zero-order chi connectivity index (χ0) is 14.0. The molecule has 0 radical (unpaired) electrons. The molecule has 1 fully saturated rings. The Balaban J connectivity index is 2.16. The number of anilines is 2. The van der Waals surface area contributed by atoms with Gasteiger partial charge >= 0.3 is 0 Å². The van der Waals surface area contributed by atoms with E-state index in [9.17, 15) is 4.79 Å². The number of rotatable bonds is 4. The first kappa shape index (κ1) is 13.6. The van der Waals surface area contributed by atoms with Crippen molar-refractivity contribution in [1.29, 1.82) is 5.26 Å². The minimum Gasteiger partial charge on any atom is -0.396 e. The summed E-state index contributed by atoms with van der Waals surface area (Å²) in [7, 11) is 2.08. The van der Waals surface area contributed by atoms with E-state index in [4.69, 9.17) is 16.7 Å². The van der Waals surface area contributed by atoms with Gasteiger partial charge in [-0.25, -0.2) is 0 Å². The fourth-order valence-corrected chi connectivity index (χ4v) is 3.27. The molecule has 0 aromatic carbocycles. The van der Waals surface area contributed by atoms with Crippen LogP contribution < -0.4 is 16.8 Å². The average molecular weight is 279 g/mol. The molecule has 5 N–H and O–H groups in total. The highest BCUT2D eigenvalue weighted by molar-refractivity contribution is 7.17. The first-order valence-corrected chi connectivity index (χ1v) is 6.92. The van der Waals surface area contributed by atoms with Crippen molar-refractivity contribution in [3.8, 4) is 6.07 Å². The van der Waals surface area contributed by atoms with Gasteiger partial charge in [-0.15, -0.1) is 11.3 Å². The van der Waals surface area contributed by atoms with Crippen molar-refractivity contribution in [2.45, 2.75) is 18.9 Å². The van der Waals surface area contributed by atoms with Gasteiger partial charge in [-0.1, -0.05) is 0 Å². The molecule has 1 aromatic heterocycles. The number of hydrogen-bond donors (Lipinski definition) is 3. The maximum atomic E-state index is 11.4. The van der Waals surface area contributed by atoms with E-state index < -0.39 is 5.91 Å². The van der Waals surface area contributed by atoms with Crippen molar-refractivity contribution < 1.29 is 4.79 Å². The van der Waals surface area contributed by atoms with Gasteiger partial charge in [0.15, 0.2) is 0 Å². The summed E-state index contributed by atoms with van der Waals surface area (Å²) in [6, 6.07) is 2.42. The summed E-state index contributed by atoms with van der Waals surface area (Å²) < 4.78 is 0. The van der Waals surface area contributed by atoms with E-state index in [0.717, 1.165) is 19.5 Å². The number of nitrogens with one attached hydrogen (secondary N) is 1. The summed E-state index contributed by atoms with van der Waals surface area (Å²) in [6.45, 7) is 1.81. The van der Waals surface area contributed by atoms with Gasteiger partial charge < -0.3 is 21.7 Å². The molecule has 1 amide bonds. The quantitative estimate of drug-likeness (QED) is 0.755. The van der Waals surface area contributed by atoms with Crippen LogP contribution in [0.1, 0.15) is 28.1 Å². The lowest BCUT2D eigenvalue weighted by atomic mass is 10.2. The summed E-state index contributed by atoms with van der Waals surface area (Å²) in [5, 5.41) is 12.8. The van der Waals surface area contributed by atoms with Gasteiger partial charge in [0.1, 0.15) is 15.9 Å². The van der Waals surface area contributed by atoms with E-state index in [0.29, 0.717) is 15.9 Å². The van der Waals surface area contributed by atoms with Crippen LogP contribution in [0.5, 0.6) is 0 Å². The summed E-state index contributed by atoms with van der Waals surface area (Å²) >= 11 is 1.18. The largest absolute Gasteiger partial charge is 0.396 e. The van der Waals surface area contributed by atoms with E-state index in [1.807, 2.05) is 6.07 Å². The molecule has 6 nitrogen and oxygen atoms in total. The van der Waals surface area contributed by atoms with Crippen LogP contribution in [0, 0.1) is 11.3 Å². The molecule has 0 saturated carbocycles. The Morgan fingerprint density at radius 3 is 2.95 bits per heavy atom. The standard InChI is InChI=1S/C12H17N5OS/c1-17-4-2-3-7(17)6-16-12-9(11(15)18)10(14)8(5-13)19-12/h7,16H,2-4,6,14H2,1H3,(H2,15,18). The van der Waals surface area contributed by atoms with Crippen LogP contribution >= 0.6 is 11.3 Å². The molecule has 1 atom stereocenters. The molecule has 1 aliphatic heterocycles. The van der Waals surface area contributed by atoms with Gasteiger partial charge in [-0.2, -0.15) is 5.26 Å². The highest BCUT2D eigenvalue weighted by atomic mass is 32.1. The van der Waals surface area contributed by atoms with E-state index in [2.05, 4.69) is 17.3 Å². The highest BCUT2D eigenvalue weighted by Gasteiger charge is 2.23. The molecule has 1 saturated heterocycles. The number of nitrogen functional groups attached to an aromatic ring is 1. The highest BCUT2D eigenvalue weighted by Crippen LogP contribution is 2.35. The number of nitrogens with two attached hydrogens (primary N) is 2. The molecule has 7 heteroatoms. The van der Waals surface area contributed by atoms with Crippen LogP contribution in [-0.2, 0) is 0 Å². The van der Waals surface area contributed by atoms with Crippen molar-refractivity contribution in [3.05, 3.63) is 10.4 Å². The number of likely N-dealkylation sites (N-methyl/N-ethyl adjacent to an activating group) is 1. The average Bonchev–Trinajstić information content (AvgIpc) is 2.90. The number of likely N-dealkylation sites (tertiary alicyclic amines) is 1. The van der Waals surface area contributed by atoms with Gasteiger partial charge in [-0.3, -0.25) is 4.79 Å². The second-order valence-corrected chi connectivity index (χ2v) is 5.70. The predicted molar refractivity (Wildman–Crippen MR) is 76.1 cm³/mol. The van der Waals surface area contributed by atoms with Crippen LogP contribution in [0.3, 0.4) is 0 Å². The normalized spacial score (nSPS) is 19.3. The first-order valence-electron chi connectivity index (χ1n) is 6.11. The van der Waals surface area contributed by atoms with E-state index in [1.54, 1.807) is 0 Å². The van der Waals surface area contributed by atoms with Gasteiger partial charge in [-0.05, 0) is 26.4 Å². The Bertz CT molecular complexity index is 533. The Hall–Kier alpha value is -1.78. The molecule has 2 rings (SSSR count). The number of primary amides is 1. The van der Waals surface area contributed by atoms with Gasteiger partial charge in [0.05, 0.1) is 11.3 Å². The maximum Gasteiger partial charge on any atom is 0.253 e. The number of nitrogens with zero attached hydrogens (tertiary/aromatic N) is 2. The summed E-state index contributed by atoms with van der Waals surface area (Å²) in [4.78, 5) is 14.0. The number of thiophene rings is 1. The maximum absolute atomic E-state index is 11.4. The molecular weight excluding hydrogens is 262 g/mol. The summed E-state index contributed by atoms with van der Waals surface area (Å²) in [5.41, 5.74) is 11.5. The molecule has 1 aromatic rings. The lowest BCUT2D eigenvalue weighted by Crippen LogP contribution is -2.31. The molecule has 19 heavy (non-hydrogen) atoms. The third kappa shape index (κ3) is 2.64. The smallest absolute Gasteiger partial charge is 0.253 e.